The Balaban J connectivity index is 1.50. The fourth-order valence-corrected chi connectivity index (χ4v) is 3.13. The molecule has 4 atom stereocenters. The standard InChI is InChI=1S/C21H31NO5/c23-18-15-22(16-19(24)21(26)20(18)25)12-6-1-2-7-13-27-14-8-11-17-9-4-3-5-10-17/h3-5,9-10,18-21,23-26H,1-2,6-7,12-16H2/t18-,19-,20+,21+/m0/s1. The smallest absolute Gasteiger partial charge is 0.110 e. The van der Waals surface area contributed by atoms with Gasteiger partial charge in [0.2, 0.25) is 0 Å². The first-order valence-corrected chi connectivity index (χ1v) is 9.64. The Hall–Kier alpha value is -1.46. The Labute approximate surface area is 161 Å². The molecule has 150 valence electrons. The molecule has 1 aromatic carbocycles. The van der Waals surface area contributed by atoms with Gasteiger partial charge in [0.05, 0.1) is 12.2 Å². The molecular weight excluding hydrogens is 346 g/mol. The number of hydrogen-bond acceptors (Lipinski definition) is 6. The van der Waals surface area contributed by atoms with Gasteiger partial charge in [-0.3, -0.25) is 4.90 Å². The fourth-order valence-electron chi connectivity index (χ4n) is 3.13. The molecule has 1 saturated heterocycles. The fraction of sp³-hybridized carbons (Fsp3) is 0.619. The minimum absolute atomic E-state index is 0.262. The second-order valence-electron chi connectivity index (χ2n) is 7.01. The molecule has 0 amide bonds. The van der Waals surface area contributed by atoms with Crippen LogP contribution in [0.1, 0.15) is 31.2 Å². The lowest BCUT2D eigenvalue weighted by Gasteiger charge is -2.23. The normalized spacial score (nSPS) is 26.2. The molecule has 0 saturated carbocycles. The molecule has 4 N–H and O–H groups in total. The SMILES string of the molecule is O[C@H]1[C@H](O)[C@@H](O)CN(CCCCCCOCC#Cc2ccccc2)C[C@@H]1O. The summed E-state index contributed by atoms with van der Waals surface area (Å²) in [5, 5.41) is 39.1. The summed E-state index contributed by atoms with van der Waals surface area (Å²) in [7, 11) is 0. The van der Waals surface area contributed by atoms with Gasteiger partial charge in [-0.05, 0) is 31.5 Å². The van der Waals surface area contributed by atoms with E-state index in [1.165, 1.54) is 0 Å². The molecule has 6 nitrogen and oxygen atoms in total. The second-order valence-corrected chi connectivity index (χ2v) is 7.01. The van der Waals surface area contributed by atoms with Gasteiger partial charge < -0.3 is 25.2 Å². The van der Waals surface area contributed by atoms with E-state index in [9.17, 15) is 20.4 Å². The van der Waals surface area contributed by atoms with Crippen molar-refractivity contribution in [2.75, 3.05) is 32.8 Å². The first kappa shape index (κ1) is 21.8. The molecule has 1 heterocycles. The molecule has 0 aromatic heterocycles. The van der Waals surface area contributed by atoms with E-state index in [0.717, 1.165) is 37.8 Å². The summed E-state index contributed by atoms with van der Waals surface area (Å²) in [6, 6.07) is 9.82. The summed E-state index contributed by atoms with van der Waals surface area (Å²) in [6.07, 6.45) is -0.720. The average molecular weight is 377 g/mol. The Morgan fingerprint density at radius 1 is 0.889 bits per heavy atom. The lowest BCUT2D eigenvalue weighted by Crippen LogP contribution is -2.43. The number of likely N-dealkylation sites (tertiary alicyclic amines) is 1. The van der Waals surface area contributed by atoms with Gasteiger partial charge >= 0.3 is 0 Å². The molecule has 0 unspecified atom stereocenters. The van der Waals surface area contributed by atoms with Crippen LogP contribution in [0.4, 0.5) is 0 Å². The number of nitrogens with zero attached hydrogens (tertiary/aromatic N) is 1. The molecule has 1 aliphatic heterocycles. The largest absolute Gasteiger partial charge is 0.389 e. The first-order chi connectivity index (χ1) is 13.1. The molecule has 0 spiro atoms. The van der Waals surface area contributed by atoms with Crippen molar-refractivity contribution >= 4 is 0 Å². The van der Waals surface area contributed by atoms with Crippen LogP contribution in [-0.2, 0) is 4.74 Å². The summed E-state index contributed by atoms with van der Waals surface area (Å²) in [5.74, 6) is 6.05. The summed E-state index contributed by atoms with van der Waals surface area (Å²) < 4.78 is 5.51. The second kappa shape index (κ2) is 12.1. The van der Waals surface area contributed by atoms with Gasteiger partial charge in [0.1, 0.15) is 18.8 Å². The molecule has 2 rings (SSSR count). The molecular formula is C21H31NO5. The van der Waals surface area contributed by atoms with E-state index in [2.05, 4.69) is 11.8 Å². The summed E-state index contributed by atoms with van der Waals surface area (Å²) in [4.78, 5) is 1.89. The van der Waals surface area contributed by atoms with Crippen LogP contribution in [0, 0.1) is 11.8 Å². The third-order valence-electron chi connectivity index (χ3n) is 4.72. The topological polar surface area (TPSA) is 93.4 Å². The predicted octanol–water partition coefficient (Wildman–Crippen LogP) is 0.374. The van der Waals surface area contributed by atoms with Gasteiger partial charge in [-0.25, -0.2) is 0 Å². The monoisotopic (exact) mass is 377 g/mol. The number of β-amino-alcohol motifs (C(OH)–C–C–N with tert-alkyl or cyclic N) is 2. The maximum absolute atomic E-state index is 9.84. The highest BCUT2D eigenvalue weighted by Crippen LogP contribution is 2.14. The van der Waals surface area contributed by atoms with Gasteiger partial charge in [0.25, 0.3) is 0 Å². The quantitative estimate of drug-likeness (QED) is 0.387. The third-order valence-corrected chi connectivity index (χ3v) is 4.72. The van der Waals surface area contributed by atoms with Crippen molar-refractivity contribution in [1.82, 2.24) is 4.90 Å². The van der Waals surface area contributed by atoms with E-state index in [-0.39, 0.29) is 13.1 Å². The number of ether oxygens (including phenoxy) is 1. The summed E-state index contributed by atoms with van der Waals surface area (Å²) >= 11 is 0. The predicted molar refractivity (Wildman–Crippen MR) is 103 cm³/mol. The van der Waals surface area contributed by atoms with Gasteiger partial charge in [-0.2, -0.15) is 0 Å². The number of rotatable bonds is 8. The number of aliphatic hydroxyl groups excluding tert-OH is 4. The molecule has 0 aliphatic carbocycles. The van der Waals surface area contributed by atoms with Crippen molar-refractivity contribution in [2.24, 2.45) is 0 Å². The Morgan fingerprint density at radius 2 is 1.52 bits per heavy atom. The Morgan fingerprint density at radius 3 is 2.19 bits per heavy atom. The van der Waals surface area contributed by atoms with Crippen molar-refractivity contribution in [3.63, 3.8) is 0 Å². The number of hydrogen-bond donors (Lipinski definition) is 4. The lowest BCUT2D eigenvalue weighted by molar-refractivity contribution is -0.0894. The highest BCUT2D eigenvalue weighted by atomic mass is 16.5. The average Bonchev–Trinajstić information content (AvgIpc) is 2.76. The zero-order valence-electron chi connectivity index (χ0n) is 15.7. The first-order valence-electron chi connectivity index (χ1n) is 9.64. The number of unbranched alkanes of at least 4 members (excludes halogenated alkanes) is 3. The maximum Gasteiger partial charge on any atom is 0.110 e. The van der Waals surface area contributed by atoms with Crippen LogP contribution in [-0.4, -0.2) is 82.6 Å². The van der Waals surface area contributed by atoms with Crippen molar-refractivity contribution < 1.29 is 25.2 Å². The number of aliphatic hydroxyl groups is 4. The molecule has 0 radical (unpaired) electrons. The van der Waals surface area contributed by atoms with E-state index in [1.54, 1.807) is 0 Å². The zero-order chi connectivity index (χ0) is 19.5. The highest BCUT2D eigenvalue weighted by Gasteiger charge is 2.35. The molecule has 0 bridgehead atoms. The molecule has 6 heteroatoms. The maximum atomic E-state index is 9.84. The lowest BCUT2D eigenvalue weighted by atomic mass is 10.1. The summed E-state index contributed by atoms with van der Waals surface area (Å²) in [5.41, 5.74) is 0.991. The van der Waals surface area contributed by atoms with Gasteiger partial charge in [-0.15, -0.1) is 0 Å². The number of benzene rings is 1. The van der Waals surface area contributed by atoms with Gasteiger partial charge in [-0.1, -0.05) is 42.9 Å². The van der Waals surface area contributed by atoms with Gasteiger partial charge in [0, 0.05) is 25.3 Å². The van der Waals surface area contributed by atoms with Crippen molar-refractivity contribution in [1.29, 1.82) is 0 Å². The molecule has 27 heavy (non-hydrogen) atoms. The molecule has 1 fully saturated rings. The van der Waals surface area contributed by atoms with Crippen LogP contribution in [0.15, 0.2) is 30.3 Å². The summed E-state index contributed by atoms with van der Waals surface area (Å²) in [6.45, 7) is 2.36. The van der Waals surface area contributed by atoms with E-state index in [0.29, 0.717) is 13.2 Å². The van der Waals surface area contributed by atoms with E-state index >= 15 is 0 Å². The van der Waals surface area contributed by atoms with Gasteiger partial charge in [0.15, 0.2) is 0 Å². The van der Waals surface area contributed by atoms with Crippen molar-refractivity contribution in [3.8, 4) is 11.8 Å². The highest BCUT2D eigenvalue weighted by molar-refractivity contribution is 5.33. The Bertz CT molecular complexity index is 569. The Kier molecular flexibility index (Phi) is 9.78. The van der Waals surface area contributed by atoms with Crippen LogP contribution in [0.3, 0.4) is 0 Å². The molecule has 1 aliphatic rings. The van der Waals surface area contributed by atoms with Crippen LogP contribution >= 0.6 is 0 Å². The minimum atomic E-state index is -1.30. The minimum Gasteiger partial charge on any atom is -0.389 e. The van der Waals surface area contributed by atoms with Crippen LogP contribution in [0.2, 0.25) is 0 Å². The van der Waals surface area contributed by atoms with Crippen LogP contribution < -0.4 is 0 Å². The van der Waals surface area contributed by atoms with E-state index < -0.39 is 24.4 Å². The third kappa shape index (κ3) is 7.97. The molecule has 1 aromatic rings. The van der Waals surface area contributed by atoms with Crippen molar-refractivity contribution in [3.05, 3.63) is 35.9 Å². The zero-order valence-corrected chi connectivity index (χ0v) is 15.7. The van der Waals surface area contributed by atoms with E-state index in [1.807, 2.05) is 35.2 Å². The van der Waals surface area contributed by atoms with Crippen LogP contribution in [0.5, 0.6) is 0 Å². The van der Waals surface area contributed by atoms with Crippen LogP contribution in [0.25, 0.3) is 0 Å². The van der Waals surface area contributed by atoms with E-state index in [4.69, 9.17) is 4.74 Å². The van der Waals surface area contributed by atoms with Crippen molar-refractivity contribution in [2.45, 2.75) is 50.1 Å².